The molecule has 2 heterocycles. The molecule has 0 saturated carbocycles. The predicted molar refractivity (Wildman–Crippen MR) is 100 cm³/mol. The van der Waals surface area contributed by atoms with E-state index in [2.05, 4.69) is 11.4 Å². The predicted octanol–water partition coefficient (Wildman–Crippen LogP) is 2.25. The van der Waals surface area contributed by atoms with Gasteiger partial charge in [0.15, 0.2) is 0 Å². The molecule has 0 radical (unpaired) electrons. The van der Waals surface area contributed by atoms with Crippen molar-refractivity contribution < 1.29 is 19.1 Å². The second-order valence-electron chi connectivity index (χ2n) is 5.89. The largest absolute Gasteiger partial charge is 0.466 e. The maximum absolute atomic E-state index is 12.5. The minimum atomic E-state index is -0.770. The van der Waals surface area contributed by atoms with Crippen LogP contribution in [0.2, 0.25) is 0 Å². The summed E-state index contributed by atoms with van der Waals surface area (Å²) in [6.45, 7) is 1.69. The van der Waals surface area contributed by atoms with E-state index in [1.54, 1.807) is 19.1 Å². The topological polar surface area (TPSA) is 114 Å². The molecule has 7 nitrogen and oxygen atoms in total. The summed E-state index contributed by atoms with van der Waals surface area (Å²) in [6, 6.07) is 7.49. The summed E-state index contributed by atoms with van der Waals surface area (Å²) >= 11 is 1.37. The highest BCUT2D eigenvalue weighted by atomic mass is 32.1. The van der Waals surface area contributed by atoms with Gasteiger partial charge in [0.25, 0.3) is 0 Å². The lowest BCUT2D eigenvalue weighted by Gasteiger charge is -2.29. The number of benzene rings is 1. The molecule has 1 aliphatic rings. The Labute approximate surface area is 159 Å². The standard InChI is InChI=1S/C19H17N3O4S/c1-9-13(18(23)25-2)14(15(17(21)22-9)19(24)26-3)12-8-27-16-10(7-20)5-4-6-11(12)16/h4-6,8,14,22H,21H2,1-3H3. The van der Waals surface area contributed by atoms with E-state index in [1.165, 1.54) is 25.6 Å². The number of thiophene rings is 1. The number of esters is 2. The number of dihydropyridines is 1. The molecule has 0 aliphatic carbocycles. The van der Waals surface area contributed by atoms with Gasteiger partial charge in [-0.3, -0.25) is 0 Å². The van der Waals surface area contributed by atoms with Crippen LogP contribution in [0.4, 0.5) is 0 Å². The average Bonchev–Trinajstić information content (AvgIpc) is 3.10. The first-order valence-electron chi connectivity index (χ1n) is 7.98. The second kappa shape index (κ2) is 7.13. The van der Waals surface area contributed by atoms with Crippen molar-refractivity contribution in [2.75, 3.05) is 14.2 Å². The van der Waals surface area contributed by atoms with E-state index in [-0.39, 0.29) is 17.0 Å². The number of nitrogens with one attached hydrogen (secondary N) is 1. The molecule has 1 aliphatic heterocycles. The molecule has 3 N–H and O–H groups in total. The van der Waals surface area contributed by atoms with Gasteiger partial charge in [-0.25, -0.2) is 9.59 Å². The normalized spacial score (nSPS) is 16.7. The number of allylic oxidation sites excluding steroid dienone is 1. The van der Waals surface area contributed by atoms with Crippen LogP contribution in [0.3, 0.4) is 0 Å². The number of nitrogens with zero attached hydrogens (tertiary/aromatic N) is 1. The van der Waals surface area contributed by atoms with Crippen molar-refractivity contribution in [2.24, 2.45) is 5.73 Å². The highest BCUT2D eigenvalue weighted by Gasteiger charge is 2.39. The van der Waals surface area contributed by atoms with Crippen LogP contribution in [0.1, 0.15) is 24.0 Å². The summed E-state index contributed by atoms with van der Waals surface area (Å²) in [4.78, 5) is 25.0. The molecule has 1 aromatic carbocycles. The second-order valence-corrected chi connectivity index (χ2v) is 6.77. The van der Waals surface area contributed by atoms with E-state index in [9.17, 15) is 14.9 Å². The highest BCUT2D eigenvalue weighted by Crippen LogP contribution is 2.43. The molecule has 138 valence electrons. The van der Waals surface area contributed by atoms with Crippen molar-refractivity contribution in [2.45, 2.75) is 12.8 Å². The van der Waals surface area contributed by atoms with Crippen molar-refractivity contribution >= 4 is 33.4 Å². The minimum Gasteiger partial charge on any atom is -0.466 e. The molecule has 0 fully saturated rings. The van der Waals surface area contributed by atoms with Crippen molar-refractivity contribution in [3.05, 3.63) is 57.4 Å². The Kier molecular flexibility index (Phi) is 4.88. The van der Waals surface area contributed by atoms with Crippen molar-refractivity contribution in [1.82, 2.24) is 5.32 Å². The zero-order valence-corrected chi connectivity index (χ0v) is 15.8. The Bertz CT molecular complexity index is 1020. The molecule has 0 bridgehead atoms. The zero-order chi connectivity index (χ0) is 19.7. The monoisotopic (exact) mass is 383 g/mol. The molecule has 1 atom stereocenters. The van der Waals surface area contributed by atoms with Gasteiger partial charge in [0.1, 0.15) is 11.9 Å². The number of carbonyl (C=O) groups is 2. The van der Waals surface area contributed by atoms with Crippen LogP contribution < -0.4 is 11.1 Å². The van der Waals surface area contributed by atoms with E-state index in [1.807, 2.05) is 11.4 Å². The van der Waals surface area contributed by atoms with Crippen LogP contribution in [-0.2, 0) is 19.1 Å². The van der Waals surface area contributed by atoms with Gasteiger partial charge in [-0.1, -0.05) is 12.1 Å². The van der Waals surface area contributed by atoms with E-state index >= 15 is 0 Å². The molecule has 0 spiro atoms. The molecule has 8 heteroatoms. The fraction of sp³-hybridized carbons (Fsp3) is 0.211. The molecule has 1 aromatic heterocycles. The van der Waals surface area contributed by atoms with E-state index < -0.39 is 17.9 Å². The summed E-state index contributed by atoms with van der Waals surface area (Å²) in [6.07, 6.45) is 0. The fourth-order valence-electron chi connectivity index (χ4n) is 3.27. The third-order valence-corrected chi connectivity index (χ3v) is 5.51. The Morgan fingerprint density at radius 1 is 1.22 bits per heavy atom. The summed E-state index contributed by atoms with van der Waals surface area (Å²) in [5.41, 5.74) is 8.19. The highest BCUT2D eigenvalue weighted by molar-refractivity contribution is 7.17. The molecule has 27 heavy (non-hydrogen) atoms. The van der Waals surface area contributed by atoms with Gasteiger partial charge in [0.2, 0.25) is 0 Å². The lowest BCUT2D eigenvalue weighted by atomic mass is 9.81. The third-order valence-electron chi connectivity index (χ3n) is 4.47. The molecule has 3 rings (SSSR count). The quantitative estimate of drug-likeness (QED) is 0.781. The van der Waals surface area contributed by atoms with E-state index in [4.69, 9.17) is 15.2 Å². The summed E-state index contributed by atoms with van der Waals surface area (Å²) < 4.78 is 10.6. The average molecular weight is 383 g/mol. The maximum atomic E-state index is 12.5. The molecular formula is C19H17N3O4S. The molecular weight excluding hydrogens is 366 g/mol. The van der Waals surface area contributed by atoms with Crippen LogP contribution in [0, 0.1) is 11.3 Å². The lowest BCUT2D eigenvalue weighted by Crippen LogP contribution is -2.35. The molecule has 2 aromatic rings. The van der Waals surface area contributed by atoms with Crippen molar-refractivity contribution in [1.29, 1.82) is 5.26 Å². The summed E-state index contributed by atoms with van der Waals surface area (Å²) in [5, 5.41) is 14.8. The number of methoxy groups -OCH3 is 2. The molecule has 0 saturated heterocycles. The Morgan fingerprint density at radius 3 is 2.52 bits per heavy atom. The van der Waals surface area contributed by atoms with Gasteiger partial charge < -0.3 is 20.5 Å². The number of carbonyl (C=O) groups excluding carboxylic acids is 2. The van der Waals surface area contributed by atoms with Gasteiger partial charge in [-0.15, -0.1) is 11.3 Å². The number of nitriles is 1. The van der Waals surface area contributed by atoms with Crippen LogP contribution >= 0.6 is 11.3 Å². The Balaban J connectivity index is 2.33. The molecule has 1 unspecified atom stereocenters. The van der Waals surface area contributed by atoms with Crippen LogP contribution in [-0.4, -0.2) is 26.2 Å². The maximum Gasteiger partial charge on any atom is 0.338 e. The molecule has 0 amide bonds. The number of nitrogens with two attached hydrogens (primary N) is 1. The van der Waals surface area contributed by atoms with Crippen molar-refractivity contribution in [3.63, 3.8) is 0 Å². The SMILES string of the molecule is COC(=O)C1=C(C)NC(N)=C(C(=O)OC)C1c1csc2c(C#N)cccc12. The number of hydrogen-bond acceptors (Lipinski definition) is 8. The minimum absolute atomic E-state index is 0.118. The number of ether oxygens (including phenoxy) is 2. The smallest absolute Gasteiger partial charge is 0.338 e. The first kappa shape index (κ1) is 18.5. The summed E-state index contributed by atoms with van der Waals surface area (Å²) in [5.74, 6) is -1.87. The van der Waals surface area contributed by atoms with Gasteiger partial charge in [0, 0.05) is 5.70 Å². The van der Waals surface area contributed by atoms with E-state index in [0.717, 1.165) is 10.1 Å². The number of rotatable bonds is 3. The van der Waals surface area contributed by atoms with Crippen LogP contribution in [0.25, 0.3) is 10.1 Å². The first-order chi connectivity index (χ1) is 12.9. The van der Waals surface area contributed by atoms with Gasteiger partial charge in [-0.2, -0.15) is 5.26 Å². The lowest BCUT2D eigenvalue weighted by molar-refractivity contribution is -0.137. The first-order valence-corrected chi connectivity index (χ1v) is 8.86. The van der Waals surface area contributed by atoms with Gasteiger partial charge in [-0.05, 0) is 29.3 Å². The number of fused-ring (bicyclic) bond motifs is 1. The fourth-order valence-corrected chi connectivity index (χ4v) is 4.33. The van der Waals surface area contributed by atoms with Crippen LogP contribution in [0.15, 0.2) is 46.2 Å². The third kappa shape index (κ3) is 2.92. The Morgan fingerprint density at radius 2 is 1.89 bits per heavy atom. The summed E-state index contributed by atoms with van der Waals surface area (Å²) in [7, 11) is 2.53. The number of hydrogen-bond donors (Lipinski definition) is 2. The Hall–Kier alpha value is -3.31. The van der Waals surface area contributed by atoms with E-state index in [0.29, 0.717) is 16.8 Å². The van der Waals surface area contributed by atoms with Crippen LogP contribution in [0.5, 0.6) is 0 Å². The van der Waals surface area contributed by atoms with Gasteiger partial charge >= 0.3 is 11.9 Å². The zero-order valence-electron chi connectivity index (χ0n) is 15.0. The van der Waals surface area contributed by atoms with Crippen molar-refractivity contribution in [3.8, 4) is 6.07 Å². The van der Waals surface area contributed by atoms with Gasteiger partial charge in [0.05, 0.1) is 41.5 Å².